The molecule has 0 atom stereocenters. The van der Waals surface area contributed by atoms with Crippen LogP contribution < -0.4 is 4.74 Å². The average molecular weight is 417 g/mol. The minimum Gasteiger partial charge on any atom is -0.423 e. The van der Waals surface area contributed by atoms with Crippen LogP contribution in [0, 0.1) is 6.92 Å². The van der Waals surface area contributed by atoms with E-state index in [1.807, 2.05) is 0 Å². The van der Waals surface area contributed by atoms with Crippen molar-refractivity contribution in [2.24, 2.45) is 0 Å². The molecule has 1 aliphatic heterocycles. The summed E-state index contributed by atoms with van der Waals surface area (Å²) < 4.78 is 37.8. The van der Waals surface area contributed by atoms with E-state index in [-0.39, 0.29) is 35.1 Å². The number of sulfonamides is 1. The molecule has 0 saturated carbocycles. The highest BCUT2D eigenvalue weighted by Crippen LogP contribution is 2.23. The third-order valence-corrected chi connectivity index (χ3v) is 6.76. The molecule has 3 rings (SSSR count). The Balaban J connectivity index is 1.81. The number of nitrogens with zero attached hydrogens (tertiary/aromatic N) is 1. The van der Waals surface area contributed by atoms with Crippen LogP contribution in [0.25, 0.3) is 0 Å². The first-order valence-corrected chi connectivity index (χ1v) is 10.8. The van der Waals surface area contributed by atoms with Gasteiger partial charge in [0.05, 0.1) is 23.7 Å². The lowest BCUT2D eigenvalue weighted by molar-refractivity contribution is 0.0727. The van der Waals surface area contributed by atoms with E-state index in [9.17, 15) is 18.0 Å². The number of ketones is 1. The van der Waals surface area contributed by atoms with E-state index in [1.165, 1.54) is 16.4 Å². The zero-order valence-corrected chi connectivity index (χ0v) is 17.2. The van der Waals surface area contributed by atoms with Crippen molar-refractivity contribution >= 4 is 21.8 Å². The average Bonchev–Trinajstić information content (AvgIpc) is 2.74. The van der Waals surface area contributed by atoms with Crippen LogP contribution >= 0.6 is 0 Å². The number of rotatable bonds is 6. The molecule has 29 heavy (non-hydrogen) atoms. The zero-order chi connectivity index (χ0) is 21.0. The predicted molar refractivity (Wildman–Crippen MR) is 107 cm³/mol. The summed E-state index contributed by atoms with van der Waals surface area (Å²) in [5.74, 6) is -0.391. The summed E-state index contributed by atoms with van der Waals surface area (Å²) in [5, 5.41) is 0. The van der Waals surface area contributed by atoms with Crippen molar-refractivity contribution < 1.29 is 27.5 Å². The van der Waals surface area contributed by atoms with Gasteiger partial charge in [0.15, 0.2) is 5.78 Å². The number of benzene rings is 2. The second-order valence-corrected chi connectivity index (χ2v) is 8.59. The largest absolute Gasteiger partial charge is 0.423 e. The lowest BCUT2D eigenvalue weighted by Gasteiger charge is -2.26. The molecule has 7 nitrogen and oxygen atoms in total. The van der Waals surface area contributed by atoms with Gasteiger partial charge in [0.1, 0.15) is 5.75 Å². The van der Waals surface area contributed by atoms with E-state index in [4.69, 9.17) is 9.47 Å². The highest BCUT2D eigenvalue weighted by atomic mass is 32.2. The van der Waals surface area contributed by atoms with Gasteiger partial charge in [-0.25, -0.2) is 13.2 Å². The lowest BCUT2D eigenvalue weighted by atomic mass is 10.1. The third-order valence-electron chi connectivity index (χ3n) is 4.72. The minimum atomic E-state index is -3.73. The van der Waals surface area contributed by atoms with Crippen LogP contribution in [0.3, 0.4) is 0 Å². The number of ether oxygens (including phenoxy) is 2. The molecule has 0 aromatic heterocycles. The highest BCUT2D eigenvalue weighted by Gasteiger charge is 2.28. The first kappa shape index (κ1) is 21.2. The Morgan fingerprint density at radius 3 is 2.28 bits per heavy atom. The third kappa shape index (κ3) is 4.72. The Labute approximate surface area is 170 Å². The predicted octanol–water partition coefficient (Wildman–Crippen LogP) is 2.83. The molecule has 8 heteroatoms. The SMILES string of the molecule is CCC(=O)c1ccc(OC(=O)c2ccc(C)c(S(=O)(=O)N3CCOCC3)c2)cc1. The number of aryl methyl sites for hydroxylation is 1. The van der Waals surface area contributed by atoms with Gasteiger partial charge in [-0.15, -0.1) is 0 Å². The van der Waals surface area contributed by atoms with Crippen molar-refractivity contribution in [1.82, 2.24) is 4.31 Å². The van der Waals surface area contributed by atoms with Crippen LogP contribution in [0.2, 0.25) is 0 Å². The Morgan fingerprint density at radius 2 is 1.66 bits per heavy atom. The maximum Gasteiger partial charge on any atom is 0.343 e. The summed E-state index contributed by atoms with van der Waals surface area (Å²) in [7, 11) is -3.73. The fourth-order valence-electron chi connectivity index (χ4n) is 3.01. The molecular formula is C21H23NO6S. The van der Waals surface area contributed by atoms with Gasteiger partial charge in [0.2, 0.25) is 10.0 Å². The molecule has 1 heterocycles. The van der Waals surface area contributed by atoms with Crippen LogP contribution in [0.15, 0.2) is 47.4 Å². The summed E-state index contributed by atoms with van der Waals surface area (Å²) in [4.78, 5) is 24.3. The smallest absolute Gasteiger partial charge is 0.343 e. The van der Waals surface area contributed by atoms with Gasteiger partial charge in [-0.3, -0.25) is 4.79 Å². The van der Waals surface area contributed by atoms with Gasteiger partial charge in [-0.1, -0.05) is 13.0 Å². The maximum absolute atomic E-state index is 13.0. The van der Waals surface area contributed by atoms with Crippen LogP contribution in [0.4, 0.5) is 0 Å². The quantitative estimate of drug-likeness (QED) is 0.408. The molecule has 2 aromatic rings. The van der Waals surface area contributed by atoms with Gasteiger partial charge >= 0.3 is 5.97 Å². The van der Waals surface area contributed by atoms with Gasteiger partial charge in [-0.05, 0) is 48.9 Å². The molecule has 154 valence electrons. The van der Waals surface area contributed by atoms with E-state index >= 15 is 0 Å². The number of hydrogen-bond donors (Lipinski definition) is 0. The summed E-state index contributed by atoms with van der Waals surface area (Å²) in [6.45, 7) is 4.70. The molecule has 0 N–H and O–H groups in total. The number of esters is 1. The summed E-state index contributed by atoms with van der Waals surface area (Å²) in [6, 6.07) is 10.7. The monoisotopic (exact) mass is 417 g/mol. The molecule has 0 bridgehead atoms. The number of carbonyl (C=O) groups is 2. The van der Waals surface area contributed by atoms with E-state index in [0.717, 1.165) is 0 Å². The molecule has 1 fully saturated rings. The van der Waals surface area contributed by atoms with Gasteiger partial charge in [-0.2, -0.15) is 4.31 Å². The van der Waals surface area contributed by atoms with E-state index in [0.29, 0.717) is 30.8 Å². The first-order valence-electron chi connectivity index (χ1n) is 9.37. The van der Waals surface area contributed by atoms with E-state index < -0.39 is 16.0 Å². The minimum absolute atomic E-state index is 0.000581. The van der Waals surface area contributed by atoms with Crippen molar-refractivity contribution in [3.63, 3.8) is 0 Å². The molecule has 0 unspecified atom stereocenters. The second-order valence-electron chi connectivity index (χ2n) is 6.69. The van der Waals surface area contributed by atoms with Crippen molar-refractivity contribution in [3.05, 3.63) is 59.2 Å². The Hall–Kier alpha value is -2.55. The Morgan fingerprint density at radius 1 is 1.03 bits per heavy atom. The lowest BCUT2D eigenvalue weighted by Crippen LogP contribution is -2.40. The molecule has 1 aliphatic rings. The Kier molecular flexibility index (Phi) is 6.46. The number of hydrogen-bond acceptors (Lipinski definition) is 6. The maximum atomic E-state index is 13.0. The molecule has 1 saturated heterocycles. The number of morpholine rings is 1. The molecular weight excluding hydrogens is 394 g/mol. The zero-order valence-electron chi connectivity index (χ0n) is 16.4. The molecule has 0 aliphatic carbocycles. The number of Topliss-reactive ketones (excluding diaryl/α,β-unsaturated/α-hetero) is 1. The second kappa shape index (κ2) is 8.86. The van der Waals surface area contributed by atoms with Crippen LogP contribution in [-0.2, 0) is 14.8 Å². The standard InChI is InChI=1S/C21H23NO6S/c1-3-19(23)16-6-8-18(9-7-16)28-21(24)17-5-4-15(2)20(14-17)29(25,26)22-10-12-27-13-11-22/h4-9,14H,3,10-13H2,1-2H3. The van der Waals surface area contributed by atoms with Crippen molar-refractivity contribution in [2.75, 3.05) is 26.3 Å². The van der Waals surface area contributed by atoms with Crippen LogP contribution in [0.5, 0.6) is 5.75 Å². The Bertz CT molecular complexity index is 1010. The topological polar surface area (TPSA) is 90.0 Å². The molecule has 0 radical (unpaired) electrons. The summed E-state index contributed by atoms with van der Waals surface area (Å²) in [6.07, 6.45) is 0.392. The molecule has 0 spiro atoms. The van der Waals surface area contributed by atoms with E-state index in [2.05, 4.69) is 0 Å². The molecule has 2 aromatic carbocycles. The number of carbonyl (C=O) groups excluding carboxylic acids is 2. The summed E-state index contributed by atoms with van der Waals surface area (Å²) >= 11 is 0. The van der Waals surface area contributed by atoms with Crippen molar-refractivity contribution in [2.45, 2.75) is 25.2 Å². The molecule has 0 amide bonds. The van der Waals surface area contributed by atoms with Gasteiger partial charge in [0.25, 0.3) is 0 Å². The fraction of sp³-hybridized carbons (Fsp3) is 0.333. The normalized spacial score (nSPS) is 15.1. The van der Waals surface area contributed by atoms with Crippen LogP contribution in [-0.4, -0.2) is 50.8 Å². The van der Waals surface area contributed by atoms with Crippen molar-refractivity contribution in [1.29, 1.82) is 0 Å². The van der Waals surface area contributed by atoms with Crippen LogP contribution in [0.1, 0.15) is 39.6 Å². The first-order chi connectivity index (χ1) is 13.8. The fourth-order valence-corrected chi connectivity index (χ4v) is 4.67. The highest BCUT2D eigenvalue weighted by molar-refractivity contribution is 7.89. The van der Waals surface area contributed by atoms with Gasteiger partial charge < -0.3 is 9.47 Å². The van der Waals surface area contributed by atoms with Crippen molar-refractivity contribution in [3.8, 4) is 5.75 Å². The van der Waals surface area contributed by atoms with Gasteiger partial charge in [0, 0.05) is 25.1 Å². The van der Waals surface area contributed by atoms with E-state index in [1.54, 1.807) is 44.2 Å². The summed E-state index contributed by atoms with van der Waals surface area (Å²) in [5.41, 5.74) is 1.23.